The largest absolute Gasteiger partial charge is 0.347 e. The van der Waals surface area contributed by atoms with Crippen LogP contribution in [-0.2, 0) is 0 Å². The number of carbonyl (C=O) groups excluding carboxylic acids is 1. The number of pyridine rings is 1. The lowest BCUT2D eigenvalue weighted by molar-refractivity contribution is 0.0935. The van der Waals surface area contributed by atoms with Gasteiger partial charge in [0.2, 0.25) is 0 Å². The van der Waals surface area contributed by atoms with E-state index in [1.165, 1.54) is 17.8 Å². The Kier molecular flexibility index (Phi) is 3.64. The molecular weight excluding hydrogens is 318 g/mol. The molecule has 114 valence electrons. The van der Waals surface area contributed by atoms with E-state index < -0.39 is 0 Å². The number of nitrogens with one attached hydrogen (secondary N) is 2. The molecule has 2 aliphatic rings. The van der Waals surface area contributed by atoms with Gasteiger partial charge in [0.25, 0.3) is 5.91 Å². The van der Waals surface area contributed by atoms with Crippen LogP contribution in [0.25, 0.3) is 10.6 Å². The summed E-state index contributed by atoms with van der Waals surface area (Å²) in [5.74, 6) is 0.0117. The molecule has 4 heterocycles. The molecule has 4 nitrogen and oxygen atoms in total. The van der Waals surface area contributed by atoms with Gasteiger partial charge in [-0.05, 0) is 43.5 Å². The van der Waals surface area contributed by atoms with Crippen molar-refractivity contribution in [2.75, 3.05) is 0 Å². The molecule has 2 aromatic heterocycles. The van der Waals surface area contributed by atoms with E-state index in [1.807, 2.05) is 24.3 Å². The minimum absolute atomic E-state index is 0.0117. The van der Waals surface area contributed by atoms with Gasteiger partial charge in [0.1, 0.15) is 5.15 Å². The molecule has 22 heavy (non-hydrogen) atoms. The summed E-state index contributed by atoms with van der Waals surface area (Å²) in [6, 6.07) is 10.6. The lowest BCUT2D eigenvalue weighted by Crippen LogP contribution is -2.42. The van der Waals surface area contributed by atoms with Crippen LogP contribution in [0.1, 0.15) is 28.9 Å². The van der Waals surface area contributed by atoms with E-state index in [-0.39, 0.29) is 11.9 Å². The molecule has 0 spiro atoms. The van der Waals surface area contributed by atoms with Crippen molar-refractivity contribution < 1.29 is 4.79 Å². The molecule has 0 radical (unpaired) electrons. The molecular formula is C16H16ClN3OS. The van der Waals surface area contributed by atoms with E-state index in [2.05, 4.69) is 15.6 Å². The van der Waals surface area contributed by atoms with Gasteiger partial charge >= 0.3 is 0 Å². The second-order valence-electron chi connectivity index (χ2n) is 5.87. The molecule has 6 heteroatoms. The Labute approximate surface area is 137 Å². The Morgan fingerprint density at radius 2 is 2.23 bits per heavy atom. The van der Waals surface area contributed by atoms with Gasteiger partial charge in [0, 0.05) is 18.1 Å². The summed E-state index contributed by atoms with van der Waals surface area (Å²) in [6.45, 7) is 0. The van der Waals surface area contributed by atoms with Crippen molar-refractivity contribution in [3.05, 3.63) is 40.4 Å². The van der Waals surface area contributed by atoms with Crippen LogP contribution < -0.4 is 10.6 Å². The van der Waals surface area contributed by atoms with Crippen molar-refractivity contribution in [3.63, 3.8) is 0 Å². The molecule has 2 fully saturated rings. The fourth-order valence-electron chi connectivity index (χ4n) is 3.37. The van der Waals surface area contributed by atoms with E-state index >= 15 is 0 Å². The first-order chi connectivity index (χ1) is 10.7. The summed E-state index contributed by atoms with van der Waals surface area (Å²) in [4.78, 5) is 18.4. The molecule has 4 rings (SSSR count). The van der Waals surface area contributed by atoms with Gasteiger partial charge in [-0.1, -0.05) is 17.7 Å². The van der Waals surface area contributed by atoms with Crippen molar-refractivity contribution >= 4 is 28.8 Å². The van der Waals surface area contributed by atoms with Crippen molar-refractivity contribution in [1.29, 1.82) is 0 Å². The van der Waals surface area contributed by atoms with E-state index in [1.54, 1.807) is 6.07 Å². The number of carbonyl (C=O) groups is 1. The van der Waals surface area contributed by atoms with Crippen LogP contribution in [0.3, 0.4) is 0 Å². The van der Waals surface area contributed by atoms with Gasteiger partial charge in [0.15, 0.2) is 0 Å². The van der Waals surface area contributed by atoms with Crippen LogP contribution in [0.4, 0.5) is 0 Å². The molecule has 0 aromatic carbocycles. The first kappa shape index (κ1) is 14.2. The Hall–Kier alpha value is -1.43. The van der Waals surface area contributed by atoms with Crippen LogP contribution >= 0.6 is 22.9 Å². The van der Waals surface area contributed by atoms with Crippen LogP contribution in [0.5, 0.6) is 0 Å². The zero-order valence-corrected chi connectivity index (χ0v) is 13.5. The van der Waals surface area contributed by atoms with E-state index in [0.717, 1.165) is 28.3 Å². The maximum absolute atomic E-state index is 12.4. The van der Waals surface area contributed by atoms with Crippen LogP contribution in [0.2, 0.25) is 5.15 Å². The third-order valence-corrected chi connectivity index (χ3v) is 5.73. The number of aromatic nitrogens is 1. The molecule has 2 N–H and O–H groups in total. The molecule has 0 aliphatic carbocycles. The smallest absolute Gasteiger partial charge is 0.261 e. The molecule has 2 aliphatic heterocycles. The fraction of sp³-hybridized carbons (Fsp3) is 0.375. The number of hydrogen-bond acceptors (Lipinski definition) is 4. The van der Waals surface area contributed by atoms with Crippen LogP contribution in [-0.4, -0.2) is 29.0 Å². The average Bonchev–Trinajstić information content (AvgIpc) is 3.23. The molecule has 3 atom stereocenters. The number of halogens is 1. The number of hydrogen-bond donors (Lipinski definition) is 2. The van der Waals surface area contributed by atoms with Crippen molar-refractivity contribution in [1.82, 2.24) is 15.6 Å². The Morgan fingerprint density at radius 1 is 1.32 bits per heavy atom. The van der Waals surface area contributed by atoms with Crippen LogP contribution in [0, 0.1) is 0 Å². The Balaban J connectivity index is 1.48. The normalized spacial score (nSPS) is 26.3. The molecule has 3 unspecified atom stereocenters. The number of thiophene rings is 1. The van der Waals surface area contributed by atoms with Gasteiger partial charge in [0.05, 0.1) is 15.4 Å². The monoisotopic (exact) mass is 333 g/mol. The SMILES string of the molecule is O=C(NC1CC2CCC1N2)c1ccc(-c2cccc(Cl)n2)s1. The van der Waals surface area contributed by atoms with Gasteiger partial charge in [-0.15, -0.1) is 11.3 Å². The second-order valence-corrected chi connectivity index (χ2v) is 7.34. The number of rotatable bonds is 3. The fourth-order valence-corrected chi connectivity index (χ4v) is 4.41. The van der Waals surface area contributed by atoms with Gasteiger partial charge in [-0.2, -0.15) is 0 Å². The summed E-state index contributed by atoms with van der Waals surface area (Å²) in [6.07, 6.45) is 3.45. The van der Waals surface area contributed by atoms with E-state index in [4.69, 9.17) is 11.6 Å². The summed E-state index contributed by atoms with van der Waals surface area (Å²) in [7, 11) is 0. The Bertz CT molecular complexity index is 717. The quantitative estimate of drug-likeness (QED) is 0.849. The number of fused-ring (bicyclic) bond motifs is 2. The standard InChI is InChI=1S/C16H16ClN3OS/c17-15-3-1-2-11(19-15)13-6-7-14(22-13)16(21)20-12-8-9-4-5-10(12)18-9/h1-3,6-7,9-10,12,18H,4-5,8H2,(H,20,21). The zero-order valence-electron chi connectivity index (χ0n) is 11.9. The van der Waals surface area contributed by atoms with Crippen molar-refractivity contribution in [3.8, 4) is 10.6 Å². The lowest BCUT2D eigenvalue weighted by Gasteiger charge is -2.20. The van der Waals surface area contributed by atoms with Crippen LogP contribution in [0.15, 0.2) is 30.3 Å². The Morgan fingerprint density at radius 3 is 2.95 bits per heavy atom. The third kappa shape index (κ3) is 2.64. The second kappa shape index (κ2) is 5.65. The maximum Gasteiger partial charge on any atom is 0.261 e. The first-order valence-electron chi connectivity index (χ1n) is 7.49. The number of amides is 1. The highest BCUT2D eigenvalue weighted by atomic mass is 35.5. The summed E-state index contributed by atoms with van der Waals surface area (Å²) in [5, 5.41) is 7.16. The molecule has 2 saturated heterocycles. The van der Waals surface area contributed by atoms with Gasteiger partial charge in [-0.25, -0.2) is 4.98 Å². The summed E-state index contributed by atoms with van der Waals surface area (Å²) < 4.78 is 0. The third-order valence-electron chi connectivity index (χ3n) is 4.41. The molecule has 2 bridgehead atoms. The predicted molar refractivity (Wildman–Crippen MR) is 88.4 cm³/mol. The zero-order chi connectivity index (χ0) is 15.1. The first-order valence-corrected chi connectivity index (χ1v) is 8.68. The average molecular weight is 334 g/mol. The summed E-state index contributed by atoms with van der Waals surface area (Å²) >= 11 is 7.37. The van der Waals surface area contributed by atoms with Crippen molar-refractivity contribution in [2.24, 2.45) is 0 Å². The predicted octanol–water partition coefficient (Wildman–Crippen LogP) is 3.09. The minimum atomic E-state index is 0.0117. The highest BCUT2D eigenvalue weighted by molar-refractivity contribution is 7.17. The van der Waals surface area contributed by atoms with Gasteiger partial charge < -0.3 is 10.6 Å². The molecule has 0 saturated carbocycles. The number of nitrogens with zero attached hydrogens (tertiary/aromatic N) is 1. The van der Waals surface area contributed by atoms with Gasteiger partial charge in [-0.3, -0.25) is 4.79 Å². The van der Waals surface area contributed by atoms with E-state index in [9.17, 15) is 4.79 Å². The highest BCUT2D eigenvalue weighted by Crippen LogP contribution is 2.30. The topological polar surface area (TPSA) is 54.0 Å². The maximum atomic E-state index is 12.4. The molecule has 2 aromatic rings. The minimum Gasteiger partial charge on any atom is -0.347 e. The lowest BCUT2D eigenvalue weighted by atomic mass is 9.95. The van der Waals surface area contributed by atoms with Crippen molar-refractivity contribution in [2.45, 2.75) is 37.4 Å². The molecule has 1 amide bonds. The summed E-state index contributed by atoms with van der Waals surface area (Å²) in [5.41, 5.74) is 0.804. The highest BCUT2D eigenvalue weighted by Gasteiger charge is 2.39. The van der Waals surface area contributed by atoms with E-state index in [0.29, 0.717) is 17.2 Å².